The van der Waals surface area contributed by atoms with Crippen LogP contribution in [-0.2, 0) is 0 Å². The summed E-state index contributed by atoms with van der Waals surface area (Å²) in [6, 6.07) is 6.60. The zero-order chi connectivity index (χ0) is 15.5. The second-order valence-corrected chi connectivity index (χ2v) is 7.22. The highest BCUT2D eigenvalue weighted by molar-refractivity contribution is 6.32. The normalized spacial score (nSPS) is 22.2. The van der Waals surface area contributed by atoms with E-state index in [0.29, 0.717) is 22.4 Å². The predicted molar refractivity (Wildman–Crippen MR) is 90.2 cm³/mol. The molecule has 2 nitrogen and oxygen atoms in total. The van der Waals surface area contributed by atoms with Crippen molar-refractivity contribution in [1.29, 1.82) is 0 Å². The summed E-state index contributed by atoms with van der Waals surface area (Å²) in [6.07, 6.45) is 5.07. The Hall–Kier alpha value is -0.730. The van der Waals surface area contributed by atoms with E-state index >= 15 is 0 Å². The molecule has 0 aromatic heterocycles. The van der Waals surface area contributed by atoms with Crippen molar-refractivity contribution < 1.29 is 4.74 Å². The summed E-state index contributed by atoms with van der Waals surface area (Å²) >= 11 is 6.33. The number of hydrogen-bond donors (Lipinski definition) is 1. The van der Waals surface area contributed by atoms with Crippen LogP contribution in [0.2, 0.25) is 5.02 Å². The van der Waals surface area contributed by atoms with E-state index < -0.39 is 0 Å². The molecule has 1 aliphatic carbocycles. The summed E-state index contributed by atoms with van der Waals surface area (Å²) in [7, 11) is 1.66. The van der Waals surface area contributed by atoms with Crippen LogP contribution in [0.3, 0.4) is 0 Å². The first-order valence-electron chi connectivity index (χ1n) is 8.06. The topological polar surface area (TPSA) is 21.3 Å². The number of ether oxygens (including phenoxy) is 1. The monoisotopic (exact) mass is 309 g/mol. The summed E-state index contributed by atoms with van der Waals surface area (Å²) in [6.45, 7) is 8.05. The summed E-state index contributed by atoms with van der Waals surface area (Å²) in [4.78, 5) is 0. The molecule has 0 bridgehead atoms. The first-order valence-corrected chi connectivity index (χ1v) is 8.44. The number of hydrogen-bond acceptors (Lipinski definition) is 2. The molecule has 0 amide bonds. The summed E-state index contributed by atoms with van der Waals surface area (Å²) in [5.74, 6) is 1.41. The molecule has 2 rings (SSSR count). The molecule has 1 aromatic carbocycles. The molecule has 0 heterocycles. The lowest BCUT2D eigenvalue weighted by Crippen LogP contribution is -2.34. The fourth-order valence-corrected chi connectivity index (χ4v) is 3.91. The van der Waals surface area contributed by atoms with E-state index in [2.05, 4.69) is 38.2 Å². The second kappa shape index (κ2) is 7.02. The van der Waals surface area contributed by atoms with Gasteiger partial charge in [0.2, 0.25) is 0 Å². The maximum Gasteiger partial charge on any atom is 0.137 e. The van der Waals surface area contributed by atoms with Crippen LogP contribution in [0, 0.1) is 11.3 Å². The Labute approximate surface area is 134 Å². The van der Waals surface area contributed by atoms with Crippen LogP contribution >= 0.6 is 11.6 Å². The van der Waals surface area contributed by atoms with E-state index in [1.807, 2.05) is 6.07 Å². The van der Waals surface area contributed by atoms with E-state index in [-0.39, 0.29) is 0 Å². The standard InChI is InChI=1S/C18H28ClNO/c1-5-11-20-17(14-7-6-10-18(14,2)3)13-8-9-16(21-4)15(19)12-13/h8-9,12,14,17,20H,5-7,10-11H2,1-4H3. The van der Waals surface area contributed by atoms with Crippen LogP contribution in [0.4, 0.5) is 0 Å². The lowest BCUT2D eigenvalue weighted by molar-refractivity contribution is 0.197. The van der Waals surface area contributed by atoms with Crippen molar-refractivity contribution in [2.45, 2.75) is 52.5 Å². The van der Waals surface area contributed by atoms with Crippen LogP contribution in [0.15, 0.2) is 18.2 Å². The molecule has 3 heteroatoms. The average Bonchev–Trinajstić information content (AvgIpc) is 2.79. The third kappa shape index (κ3) is 3.73. The van der Waals surface area contributed by atoms with Crippen LogP contribution < -0.4 is 10.1 Å². The Morgan fingerprint density at radius 3 is 2.71 bits per heavy atom. The van der Waals surface area contributed by atoms with Crippen LogP contribution in [0.5, 0.6) is 5.75 Å². The van der Waals surface area contributed by atoms with Gasteiger partial charge in [-0.2, -0.15) is 0 Å². The van der Waals surface area contributed by atoms with Gasteiger partial charge in [0.15, 0.2) is 0 Å². The molecule has 1 fully saturated rings. The van der Waals surface area contributed by atoms with Crippen molar-refractivity contribution in [3.63, 3.8) is 0 Å². The van der Waals surface area contributed by atoms with Crippen molar-refractivity contribution in [3.05, 3.63) is 28.8 Å². The van der Waals surface area contributed by atoms with Gasteiger partial charge in [-0.3, -0.25) is 0 Å². The molecule has 2 atom stereocenters. The molecular weight excluding hydrogens is 282 g/mol. The quantitative estimate of drug-likeness (QED) is 0.778. The Morgan fingerprint density at radius 1 is 1.43 bits per heavy atom. The van der Waals surface area contributed by atoms with E-state index in [9.17, 15) is 0 Å². The summed E-state index contributed by atoms with van der Waals surface area (Å²) < 4.78 is 5.27. The maximum atomic E-state index is 6.33. The summed E-state index contributed by atoms with van der Waals surface area (Å²) in [5.41, 5.74) is 1.67. The Bertz CT molecular complexity index is 472. The third-order valence-corrected chi connectivity index (χ3v) is 5.19. The number of rotatable bonds is 6. The highest BCUT2D eigenvalue weighted by atomic mass is 35.5. The number of nitrogens with one attached hydrogen (secondary N) is 1. The van der Waals surface area contributed by atoms with Crippen molar-refractivity contribution in [3.8, 4) is 5.75 Å². The number of methoxy groups -OCH3 is 1. The smallest absolute Gasteiger partial charge is 0.137 e. The molecule has 1 aliphatic rings. The molecule has 2 unspecified atom stereocenters. The zero-order valence-electron chi connectivity index (χ0n) is 13.7. The minimum atomic E-state index is 0.380. The lowest BCUT2D eigenvalue weighted by atomic mass is 9.75. The third-order valence-electron chi connectivity index (χ3n) is 4.89. The SMILES string of the molecule is CCCNC(c1ccc(OC)c(Cl)c1)C1CCCC1(C)C. The van der Waals surface area contributed by atoms with Gasteiger partial charge in [-0.15, -0.1) is 0 Å². The second-order valence-electron chi connectivity index (χ2n) is 6.81. The van der Waals surface area contributed by atoms with Crippen molar-refractivity contribution in [1.82, 2.24) is 5.32 Å². The van der Waals surface area contributed by atoms with Gasteiger partial charge in [0.05, 0.1) is 12.1 Å². The fourth-order valence-electron chi connectivity index (χ4n) is 3.64. The maximum absolute atomic E-state index is 6.33. The molecular formula is C18H28ClNO. The van der Waals surface area contributed by atoms with Gasteiger partial charge in [-0.25, -0.2) is 0 Å². The van der Waals surface area contributed by atoms with Gasteiger partial charge in [0, 0.05) is 6.04 Å². The van der Waals surface area contributed by atoms with Crippen LogP contribution in [0.25, 0.3) is 0 Å². The van der Waals surface area contributed by atoms with Crippen LogP contribution in [0.1, 0.15) is 58.1 Å². The van der Waals surface area contributed by atoms with Crippen molar-refractivity contribution >= 4 is 11.6 Å². The van der Waals surface area contributed by atoms with E-state index in [1.54, 1.807) is 7.11 Å². The Morgan fingerprint density at radius 2 is 2.19 bits per heavy atom. The van der Waals surface area contributed by atoms with Gasteiger partial charge >= 0.3 is 0 Å². The van der Waals surface area contributed by atoms with Gasteiger partial charge in [0.1, 0.15) is 5.75 Å². The van der Waals surface area contributed by atoms with E-state index in [1.165, 1.54) is 24.8 Å². The molecule has 118 valence electrons. The molecule has 1 aromatic rings. The first-order chi connectivity index (χ1) is 9.99. The molecule has 0 spiro atoms. The first kappa shape index (κ1) is 16.6. The lowest BCUT2D eigenvalue weighted by Gasteiger charge is -2.35. The Balaban J connectivity index is 2.29. The molecule has 0 aliphatic heterocycles. The average molecular weight is 310 g/mol. The van der Waals surface area contributed by atoms with E-state index in [0.717, 1.165) is 18.7 Å². The number of halogens is 1. The van der Waals surface area contributed by atoms with Gasteiger partial charge in [-0.05, 0) is 54.8 Å². The van der Waals surface area contributed by atoms with Crippen LogP contribution in [-0.4, -0.2) is 13.7 Å². The van der Waals surface area contributed by atoms with Gasteiger partial charge < -0.3 is 10.1 Å². The zero-order valence-corrected chi connectivity index (χ0v) is 14.5. The summed E-state index contributed by atoms with van der Waals surface area (Å²) in [5, 5.41) is 4.45. The molecule has 0 saturated heterocycles. The molecule has 1 N–H and O–H groups in total. The minimum absolute atomic E-state index is 0.380. The number of benzene rings is 1. The van der Waals surface area contributed by atoms with E-state index in [4.69, 9.17) is 16.3 Å². The highest BCUT2D eigenvalue weighted by Gasteiger charge is 2.39. The highest BCUT2D eigenvalue weighted by Crippen LogP contribution is 2.49. The molecule has 0 radical (unpaired) electrons. The molecule has 1 saturated carbocycles. The van der Waals surface area contributed by atoms with Crippen molar-refractivity contribution in [2.24, 2.45) is 11.3 Å². The minimum Gasteiger partial charge on any atom is -0.495 e. The molecule has 21 heavy (non-hydrogen) atoms. The van der Waals surface area contributed by atoms with Crippen molar-refractivity contribution in [2.75, 3.05) is 13.7 Å². The largest absolute Gasteiger partial charge is 0.495 e. The van der Waals surface area contributed by atoms with Gasteiger partial charge in [-0.1, -0.05) is 44.9 Å². The Kier molecular flexibility index (Phi) is 5.56. The predicted octanol–water partition coefficient (Wildman–Crippen LogP) is 5.22. The fraction of sp³-hybridized carbons (Fsp3) is 0.667. The van der Waals surface area contributed by atoms with Gasteiger partial charge in [0.25, 0.3) is 0 Å².